The Hall–Kier alpha value is -3.37. The van der Waals surface area contributed by atoms with Crippen molar-refractivity contribution >= 4 is 0 Å². The molecule has 1 heterocycles. The number of ether oxygens (including phenoxy) is 1. The van der Waals surface area contributed by atoms with Crippen LogP contribution in [-0.4, -0.2) is 11.6 Å². The van der Waals surface area contributed by atoms with Gasteiger partial charge in [-0.05, 0) is 49.2 Å². The van der Waals surface area contributed by atoms with Crippen molar-refractivity contribution in [3.05, 3.63) is 108 Å². The summed E-state index contributed by atoms with van der Waals surface area (Å²) in [7, 11) is 0. The van der Waals surface area contributed by atoms with E-state index in [9.17, 15) is 0 Å². The Morgan fingerprint density at radius 3 is 2.45 bits per heavy atom. The van der Waals surface area contributed by atoms with Gasteiger partial charge in [0, 0.05) is 24.6 Å². The summed E-state index contributed by atoms with van der Waals surface area (Å²) in [5.74, 6) is 2.38. The lowest BCUT2D eigenvalue weighted by atomic mass is 10.1. The fraction of sp³-hybridized carbons (Fsp3) is 0.222. The predicted octanol–water partition coefficient (Wildman–Crippen LogP) is 6.12. The second kappa shape index (κ2) is 10.1. The number of nitrogens with one attached hydrogen (secondary N) is 1. The number of hydrogen-bond acceptors (Lipinski definition) is 4. The van der Waals surface area contributed by atoms with E-state index in [0.717, 1.165) is 29.3 Å². The van der Waals surface area contributed by atoms with E-state index in [4.69, 9.17) is 9.15 Å². The van der Waals surface area contributed by atoms with Crippen LogP contribution in [0.3, 0.4) is 0 Å². The van der Waals surface area contributed by atoms with Crippen molar-refractivity contribution < 1.29 is 9.15 Å². The normalized spacial score (nSPS) is 11.9. The van der Waals surface area contributed by atoms with Gasteiger partial charge in [0.1, 0.15) is 11.5 Å². The van der Waals surface area contributed by atoms with Crippen LogP contribution in [0, 0.1) is 6.92 Å². The second-order valence-corrected chi connectivity index (χ2v) is 7.65. The van der Waals surface area contributed by atoms with Crippen molar-refractivity contribution in [1.29, 1.82) is 0 Å². The smallest absolute Gasteiger partial charge is 0.226 e. The van der Waals surface area contributed by atoms with E-state index in [-0.39, 0.29) is 0 Å². The van der Waals surface area contributed by atoms with Gasteiger partial charge in [-0.2, -0.15) is 0 Å². The van der Waals surface area contributed by atoms with Gasteiger partial charge in [-0.15, -0.1) is 0 Å². The topological polar surface area (TPSA) is 47.3 Å². The average molecular weight is 413 g/mol. The molecule has 4 rings (SSSR count). The van der Waals surface area contributed by atoms with Crippen molar-refractivity contribution in [1.82, 2.24) is 10.3 Å². The Morgan fingerprint density at radius 1 is 0.935 bits per heavy atom. The zero-order valence-electron chi connectivity index (χ0n) is 18.0. The van der Waals surface area contributed by atoms with Crippen LogP contribution in [0.15, 0.2) is 89.3 Å². The van der Waals surface area contributed by atoms with Gasteiger partial charge in [0.05, 0.1) is 12.3 Å². The SMILES string of the molecule is Cc1oc(-c2ccccc2)nc1CCOc1cccc(CN[C@@H](C)c2ccccc2)c1. The molecule has 31 heavy (non-hydrogen) atoms. The highest BCUT2D eigenvalue weighted by atomic mass is 16.5. The van der Waals surface area contributed by atoms with E-state index < -0.39 is 0 Å². The summed E-state index contributed by atoms with van der Waals surface area (Å²) < 4.78 is 11.8. The Labute approximate surface area is 183 Å². The molecule has 0 bridgehead atoms. The average Bonchev–Trinajstić information content (AvgIpc) is 3.19. The molecule has 4 nitrogen and oxygen atoms in total. The number of hydrogen-bond donors (Lipinski definition) is 1. The lowest BCUT2D eigenvalue weighted by molar-refractivity contribution is 0.319. The second-order valence-electron chi connectivity index (χ2n) is 7.65. The van der Waals surface area contributed by atoms with E-state index in [1.54, 1.807) is 0 Å². The zero-order chi connectivity index (χ0) is 21.5. The van der Waals surface area contributed by atoms with E-state index in [1.165, 1.54) is 11.1 Å². The van der Waals surface area contributed by atoms with E-state index in [2.05, 4.69) is 53.6 Å². The van der Waals surface area contributed by atoms with Crippen LogP contribution < -0.4 is 10.1 Å². The maximum atomic E-state index is 6.00. The third-order valence-corrected chi connectivity index (χ3v) is 5.33. The van der Waals surface area contributed by atoms with Gasteiger partial charge in [-0.25, -0.2) is 4.98 Å². The van der Waals surface area contributed by atoms with Crippen molar-refractivity contribution in [3.63, 3.8) is 0 Å². The number of aryl methyl sites for hydroxylation is 1. The van der Waals surface area contributed by atoms with Gasteiger partial charge < -0.3 is 14.5 Å². The minimum atomic E-state index is 0.291. The molecular weight excluding hydrogens is 384 g/mol. The van der Waals surface area contributed by atoms with Crippen LogP contribution in [-0.2, 0) is 13.0 Å². The molecule has 0 saturated heterocycles. The van der Waals surface area contributed by atoms with Crippen LogP contribution in [0.5, 0.6) is 5.75 Å². The lowest BCUT2D eigenvalue weighted by Crippen LogP contribution is -2.18. The van der Waals surface area contributed by atoms with Crippen LogP contribution >= 0.6 is 0 Å². The maximum Gasteiger partial charge on any atom is 0.226 e. The van der Waals surface area contributed by atoms with E-state index in [1.807, 2.05) is 55.5 Å². The van der Waals surface area contributed by atoms with Gasteiger partial charge >= 0.3 is 0 Å². The fourth-order valence-electron chi connectivity index (χ4n) is 3.51. The third-order valence-electron chi connectivity index (χ3n) is 5.33. The molecule has 0 aliphatic rings. The highest BCUT2D eigenvalue weighted by molar-refractivity contribution is 5.53. The Kier molecular flexibility index (Phi) is 6.80. The van der Waals surface area contributed by atoms with Crippen molar-refractivity contribution in [3.8, 4) is 17.2 Å². The van der Waals surface area contributed by atoms with Crippen molar-refractivity contribution in [2.75, 3.05) is 6.61 Å². The Balaban J connectivity index is 1.30. The first kappa shape index (κ1) is 20.9. The summed E-state index contributed by atoms with van der Waals surface area (Å²) in [6.07, 6.45) is 0.704. The number of rotatable bonds is 9. The monoisotopic (exact) mass is 412 g/mol. The van der Waals surface area contributed by atoms with Gasteiger partial charge in [-0.1, -0.05) is 60.7 Å². The molecule has 1 N–H and O–H groups in total. The molecule has 0 aliphatic carbocycles. The molecule has 0 unspecified atom stereocenters. The fourth-order valence-corrected chi connectivity index (χ4v) is 3.51. The summed E-state index contributed by atoms with van der Waals surface area (Å²) in [4.78, 5) is 4.65. The van der Waals surface area contributed by atoms with Crippen LogP contribution in [0.1, 0.15) is 35.5 Å². The molecule has 4 aromatic rings. The summed E-state index contributed by atoms with van der Waals surface area (Å²) in [5, 5.41) is 3.57. The molecular formula is C27H28N2O2. The molecule has 0 saturated carbocycles. The first-order valence-corrected chi connectivity index (χ1v) is 10.7. The molecule has 3 aromatic carbocycles. The minimum Gasteiger partial charge on any atom is -0.493 e. The van der Waals surface area contributed by atoms with E-state index in [0.29, 0.717) is 25.0 Å². The molecule has 0 spiro atoms. The number of benzene rings is 3. The third kappa shape index (κ3) is 5.62. The highest BCUT2D eigenvalue weighted by Gasteiger charge is 2.11. The summed E-state index contributed by atoms with van der Waals surface area (Å²) in [6, 6.07) is 29.0. The Morgan fingerprint density at radius 2 is 1.68 bits per heavy atom. The molecule has 0 fully saturated rings. The molecule has 4 heteroatoms. The van der Waals surface area contributed by atoms with Crippen molar-refractivity contribution in [2.45, 2.75) is 32.9 Å². The molecule has 0 radical (unpaired) electrons. The molecule has 1 atom stereocenters. The summed E-state index contributed by atoms with van der Waals surface area (Å²) in [5.41, 5.74) is 4.41. The van der Waals surface area contributed by atoms with Gasteiger partial charge in [0.2, 0.25) is 5.89 Å². The van der Waals surface area contributed by atoms with Gasteiger partial charge in [0.15, 0.2) is 0 Å². The van der Waals surface area contributed by atoms with Gasteiger partial charge in [0.25, 0.3) is 0 Å². The molecule has 1 aromatic heterocycles. The predicted molar refractivity (Wildman–Crippen MR) is 124 cm³/mol. The molecule has 0 amide bonds. The van der Waals surface area contributed by atoms with Crippen molar-refractivity contribution in [2.24, 2.45) is 0 Å². The molecule has 158 valence electrons. The van der Waals surface area contributed by atoms with Crippen LogP contribution in [0.25, 0.3) is 11.5 Å². The number of nitrogens with zero attached hydrogens (tertiary/aromatic N) is 1. The van der Waals surface area contributed by atoms with Crippen LogP contribution in [0.4, 0.5) is 0 Å². The zero-order valence-corrected chi connectivity index (χ0v) is 18.0. The van der Waals surface area contributed by atoms with Crippen LogP contribution in [0.2, 0.25) is 0 Å². The quantitative estimate of drug-likeness (QED) is 0.360. The first-order valence-electron chi connectivity index (χ1n) is 10.7. The lowest BCUT2D eigenvalue weighted by Gasteiger charge is -2.15. The van der Waals surface area contributed by atoms with Gasteiger partial charge in [-0.3, -0.25) is 0 Å². The van der Waals surface area contributed by atoms with E-state index >= 15 is 0 Å². The maximum absolute atomic E-state index is 6.00. The number of oxazole rings is 1. The standard InChI is InChI=1S/C27H28N2O2/c1-20(23-11-5-3-6-12-23)28-19-22-10-9-15-25(18-22)30-17-16-26-21(2)31-27(29-26)24-13-7-4-8-14-24/h3-15,18,20,28H,16-17,19H2,1-2H3/t20-/m0/s1. The molecule has 0 aliphatic heterocycles. The Bertz CT molecular complexity index is 1090. The highest BCUT2D eigenvalue weighted by Crippen LogP contribution is 2.22. The first-order chi connectivity index (χ1) is 15.2. The largest absolute Gasteiger partial charge is 0.493 e. The number of aromatic nitrogens is 1. The summed E-state index contributed by atoms with van der Waals surface area (Å²) in [6.45, 7) is 5.48. The summed E-state index contributed by atoms with van der Waals surface area (Å²) >= 11 is 0. The minimum absolute atomic E-state index is 0.291.